The smallest absolute Gasteiger partial charge is 0.303 e. The molecule has 0 unspecified atom stereocenters. The van der Waals surface area contributed by atoms with E-state index in [1.165, 1.54) is 16.9 Å². The molecule has 1 aromatic heterocycles. The van der Waals surface area contributed by atoms with E-state index in [1.54, 1.807) is 6.07 Å². The molecule has 1 aliphatic rings. The van der Waals surface area contributed by atoms with E-state index in [9.17, 15) is 9.59 Å². The zero-order chi connectivity index (χ0) is 21.8. The number of carbonyl (C=O) groups excluding carboxylic acids is 1. The molecule has 2 N–H and O–H groups in total. The van der Waals surface area contributed by atoms with Gasteiger partial charge in [-0.2, -0.15) is 0 Å². The fraction of sp³-hybridized carbons (Fsp3) is 0.304. The third-order valence-electron chi connectivity index (χ3n) is 5.67. The maximum atomic E-state index is 12.6. The molecule has 1 amide bonds. The molecule has 0 bridgehead atoms. The number of benzene rings is 2. The van der Waals surface area contributed by atoms with Crippen molar-refractivity contribution in [3.63, 3.8) is 0 Å². The number of anilines is 1. The van der Waals surface area contributed by atoms with E-state index in [1.807, 2.05) is 42.5 Å². The van der Waals surface area contributed by atoms with Gasteiger partial charge in [-0.05, 0) is 67.3 Å². The number of rotatable bonds is 6. The van der Waals surface area contributed by atoms with Gasteiger partial charge >= 0.3 is 5.97 Å². The number of hydrogen-bond acceptors (Lipinski definition) is 5. The van der Waals surface area contributed by atoms with Crippen molar-refractivity contribution < 1.29 is 14.7 Å². The minimum atomic E-state index is -0.714. The van der Waals surface area contributed by atoms with Crippen LogP contribution in [0.5, 0.6) is 0 Å². The highest BCUT2D eigenvalue weighted by Gasteiger charge is 2.24. The van der Waals surface area contributed by atoms with Gasteiger partial charge in [0.05, 0.1) is 0 Å². The van der Waals surface area contributed by atoms with E-state index in [-0.39, 0.29) is 18.2 Å². The van der Waals surface area contributed by atoms with Crippen molar-refractivity contribution >= 4 is 39.9 Å². The van der Waals surface area contributed by atoms with Gasteiger partial charge in [-0.25, -0.2) is 0 Å². The van der Waals surface area contributed by atoms with Crippen LogP contribution in [0, 0.1) is 5.92 Å². The second-order valence-electron chi connectivity index (χ2n) is 7.81. The first-order valence-corrected chi connectivity index (χ1v) is 11.4. The minimum absolute atomic E-state index is 0.231. The Kier molecular flexibility index (Phi) is 6.63. The Morgan fingerprint density at radius 3 is 2.48 bits per heavy atom. The standard InChI is InChI=1S/C23H22ClN3O3S/c24-19-3-1-2-18(13-19)22-26-27-23(31-22)25-21(30)17-10-8-16(9-11-17)15-6-4-14(5-7-15)12-20(28)29/h1-3,8-11,13-15H,4-7,12H2,(H,28,29)(H,25,27,30). The summed E-state index contributed by atoms with van der Waals surface area (Å²) in [5, 5.41) is 21.7. The molecule has 0 saturated heterocycles. The lowest BCUT2D eigenvalue weighted by Crippen LogP contribution is -2.16. The summed E-state index contributed by atoms with van der Waals surface area (Å²) in [6.07, 6.45) is 4.11. The largest absolute Gasteiger partial charge is 0.481 e. The number of carbonyl (C=O) groups is 2. The number of aliphatic carboxylic acids is 1. The number of nitrogens with zero attached hydrogens (tertiary/aromatic N) is 2. The summed E-state index contributed by atoms with van der Waals surface area (Å²) >= 11 is 7.32. The molecule has 0 aliphatic heterocycles. The molecule has 160 valence electrons. The maximum absolute atomic E-state index is 12.6. The molecule has 3 aromatic rings. The molecule has 4 rings (SSSR count). The molecule has 0 spiro atoms. The number of halogens is 1. The van der Waals surface area contributed by atoms with Crippen LogP contribution in [-0.4, -0.2) is 27.2 Å². The SMILES string of the molecule is O=C(O)CC1CCC(c2ccc(C(=O)Nc3nnc(-c4cccc(Cl)c4)s3)cc2)CC1. The van der Waals surface area contributed by atoms with Gasteiger partial charge in [0.1, 0.15) is 5.01 Å². The highest BCUT2D eigenvalue weighted by molar-refractivity contribution is 7.18. The first kappa shape index (κ1) is 21.5. The van der Waals surface area contributed by atoms with E-state index in [2.05, 4.69) is 15.5 Å². The normalized spacial score (nSPS) is 18.5. The fourth-order valence-electron chi connectivity index (χ4n) is 4.03. The predicted molar refractivity (Wildman–Crippen MR) is 122 cm³/mol. The van der Waals surface area contributed by atoms with Crippen LogP contribution in [0.4, 0.5) is 5.13 Å². The minimum Gasteiger partial charge on any atom is -0.481 e. The summed E-state index contributed by atoms with van der Waals surface area (Å²) in [6, 6.07) is 15.0. The van der Waals surface area contributed by atoms with E-state index in [4.69, 9.17) is 16.7 Å². The van der Waals surface area contributed by atoms with Gasteiger partial charge in [-0.15, -0.1) is 10.2 Å². The van der Waals surface area contributed by atoms with Crippen LogP contribution >= 0.6 is 22.9 Å². The monoisotopic (exact) mass is 455 g/mol. The summed E-state index contributed by atoms with van der Waals surface area (Å²) in [5.41, 5.74) is 2.61. The molecule has 1 saturated carbocycles. The number of nitrogens with one attached hydrogen (secondary N) is 1. The zero-order valence-corrected chi connectivity index (χ0v) is 18.3. The lowest BCUT2D eigenvalue weighted by atomic mass is 9.77. The highest BCUT2D eigenvalue weighted by Crippen LogP contribution is 2.37. The Balaban J connectivity index is 1.35. The van der Waals surface area contributed by atoms with Crippen molar-refractivity contribution in [2.45, 2.75) is 38.0 Å². The highest BCUT2D eigenvalue weighted by atomic mass is 35.5. The number of carboxylic acid groups (broad SMARTS) is 1. The van der Waals surface area contributed by atoms with Crippen LogP contribution in [-0.2, 0) is 4.79 Å². The molecule has 1 aliphatic carbocycles. The third kappa shape index (κ3) is 5.48. The number of hydrogen-bond donors (Lipinski definition) is 2. The van der Waals surface area contributed by atoms with Crippen molar-refractivity contribution in [2.24, 2.45) is 5.92 Å². The lowest BCUT2D eigenvalue weighted by Gasteiger charge is -2.28. The summed E-state index contributed by atoms with van der Waals surface area (Å²) in [5.74, 6) is -0.243. The molecule has 0 atom stereocenters. The molecule has 6 nitrogen and oxygen atoms in total. The first-order chi connectivity index (χ1) is 15.0. The van der Waals surface area contributed by atoms with Crippen LogP contribution < -0.4 is 5.32 Å². The Morgan fingerprint density at radius 1 is 1.06 bits per heavy atom. The quantitative estimate of drug-likeness (QED) is 0.485. The Hall–Kier alpha value is -2.77. The average molecular weight is 456 g/mol. The second-order valence-corrected chi connectivity index (χ2v) is 9.23. The Bertz CT molecular complexity index is 1080. The molecule has 1 fully saturated rings. The van der Waals surface area contributed by atoms with Crippen LogP contribution in [0.25, 0.3) is 10.6 Å². The summed E-state index contributed by atoms with van der Waals surface area (Å²) in [6.45, 7) is 0. The van der Waals surface area contributed by atoms with E-state index in [0.29, 0.717) is 26.6 Å². The Labute approximate surface area is 189 Å². The van der Waals surface area contributed by atoms with Crippen molar-refractivity contribution in [3.05, 3.63) is 64.7 Å². The lowest BCUT2D eigenvalue weighted by molar-refractivity contribution is -0.138. The van der Waals surface area contributed by atoms with E-state index < -0.39 is 5.97 Å². The first-order valence-electron chi connectivity index (χ1n) is 10.2. The number of carboxylic acids is 1. The predicted octanol–water partition coefficient (Wildman–Crippen LogP) is 5.86. The number of amides is 1. The van der Waals surface area contributed by atoms with Crippen molar-refractivity contribution in [2.75, 3.05) is 5.32 Å². The van der Waals surface area contributed by atoms with Gasteiger partial charge in [0.25, 0.3) is 5.91 Å². The van der Waals surface area contributed by atoms with Gasteiger partial charge in [-0.3, -0.25) is 14.9 Å². The van der Waals surface area contributed by atoms with Crippen molar-refractivity contribution in [1.29, 1.82) is 0 Å². The third-order valence-corrected chi connectivity index (χ3v) is 6.79. The molecular formula is C23H22ClN3O3S. The number of aromatic nitrogens is 2. The second kappa shape index (κ2) is 9.58. The van der Waals surface area contributed by atoms with E-state index >= 15 is 0 Å². The fourth-order valence-corrected chi connectivity index (χ4v) is 4.96. The van der Waals surface area contributed by atoms with Gasteiger partial charge in [0.15, 0.2) is 0 Å². The maximum Gasteiger partial charge on any atom is 0.303 e. The molecule has 2 aromatic carbocycles. The average Bonchev–Trinajstić information content (AvgIpc) is 3.22. The van der Waals surface area contributed by atoms with Gasteiger partial charge < -0.3 is 5.11 Å². The van der Waals surface area contributed by atoms with Gasteiger partial charge in [-0.1, -0.05) is 47.2 Å². The van der Waals surface area contributed by atoms with Crippen LogP contribution in [0.15, 0.2) is 48.5 Å². The van der Waals surface area contributed by atoms with Crippen LogP contribution in [0.2, 0.25) is 5.02 Å². The van der Waals surface area contributed by atoms with E-state index in [0.717, 1.165) is 31.2 Å². The molecule has 31 heavy (non-hydrogen) atoms. The topological polar surface area (TPSA) is 92.2 Å². The Morgan fingerprint density at radius 2 is 1.81 bits per heavy atom. The summed E-state index contributed by atoms with van der Waals surface area (Å²) in [7, 11) is 0. The molecular weight excluding hydrogens is 434 g/mol. The van der Waals surface area contributed by atoms with Crippen molar-refractivity contribution in [3.8, 4) is 10.6 Å². The zero-order valence-electron chi connectivity index (χ0n) is 16.8. The van der Waals surface area contributed by atoms with Crippen molar-refractivity contribution in [1.82, 2.24) is 10.2 Å². The summed E-state index contributed by atoms with van der Waals surface area (Å²) in [4.78, 5) is 23.5. The molecule has 8 heteroatoms. The van der Waals surface area contributed by atoms with Crippen LogP contribution in [0.3, 0.4) is 0 Å². The van der Waals surface area contributed by atoms with Crippen LogP contribution in [0.1, 0.15) is 53.9 Å². The molecule has 0 radical (unpaired) electrons. The van der Waals surface area contributed by atoms with Gasteiger partial charge in [0, 0.05) is 22.6 Å². The summed E-state index contributed by atoms with van der Waals surface area (Å²) < 4.78 is 0. The van der Waals surface area contributed by atoms with Gasteiger partial charge in [0.2, 0.25) is 5.13 Å². The molecule has 1 heterocycles.